The van der Waals surface area contributed by atoms with Crippen LogP contribution in [0, 0.1) is 12.8 Å². The number of hydrogen-bond donors (Lipinski definition) is 1. The van der Waals surface area contributed by atoms with Crippen LogP contribution in [0.5, 0.6) is 5.75 Å². The van der Waals surface area contributed by atoms with Gasteiger partial charge in [0.1, 0.15) is 17.3 Å². The van der Waals surface area contributed by atoms with Gasteiger partial charge in [0.05, 0.1) is 13.2 Å². The molecule has 7 nitrogen and oxygen atoms in total. The second-order valence-electron chi connectivity index (χ2n) is 8.20. The molecule has 164 valence electrons. The third kappa shape index (κ3) is 4.99. The van der Waals surface area contributed by atoms with Gasteiger partial charge in [-0.05, 0) is 75.2 Å². The molecule has 0 spiro atoms. The number of aryl methyl sites for hydroxylation is 1. The highest BCUT2D eigenvalue weighted by Gasteiger charge is 2.27. The topological polar surface area (TPSA) is 80.7 Å². The lowest BCUT2D eigenvalue weighted by atomic mass is 9.97. The number of nitrogens with zero attached hydrogens (tertiary/aromatic N) is 2. The van der Waals surface area contributed by atoms with Gasteiger partial charge in [-0.1, -0.05) is 12.1 Å². The van der Waals surface area contributed by atoms with E-state index in [-0.39, 0.29) is 17.6 Å². The van der Waals surface area contributed by atoms with Gasteiger partial charge in [-0.15, -0.1) is 0 Å². The SMILES string of the molecule is COc1ccc(-c2cc(C(=O)NC[C@H](c3ccc(C)o3)N3CCC(C)CC3)no2)cc1. The lowest BCUT2D eigenvalue weighted by Crippen LogP contribution is -2.41. The number of methoxy groups -OCH3 is 1. The molecule has 7 heteroatoms. The van der Waals surface area contributed by atoms with Crippen LogP contribution in [0.25, 0.3) is 11.3 Å². The minimum absolute atomic E-state index is 0.00175. The van der Waals surface area contributed by atoms with E-state index in [4.69, 9.17) is 13.7 Å². The zero-order valence-corrected chi connectivity index (χ0v) is 18.3. The van der Waals surface area contributed by atoms with E-state index in [0.717, 1.165) is 54.7 Å². The number of hydrogen-bond acceptors (Lipinski definition) is 6. The standard InChI is InChI=1S/C24H29N3O4/c1-16-10-12-27(13-11-16)21(22-9-4-17(2)30-22)15-25-24(28)20-14-23(31-26-20)18-5-7-19(29-3)8-6-18/h4-9,14,16,21H,10-13,15H2,1-3H3,(H,25,28)/t21-/m1/s1. The maximum Gasteiger partial charge on any atom is 0.273 e. The number of likely N-dealkylation sites (tertiary alicyclic amines) is 1. The smallest absolute Gasteiger partial charge is 0.273 e. The molecule has 2 aromatic heterocycles. The second kappa shape index (κ2) is 9.39. The predicted molar refractivity (Wildman–Crippen MR) is 117 cm³/mol. The summed E-state index contributed by atoms with van der Waals surface area (Å²) in [6, 6.07) is 13.0. The fourth-order valence-corrected chi connectivity index (χ4v) is 3.94. The number of carbonyl (C=O) groups excluding carboxylic acids is 1. The summed E-state index contributed by atoms with van der Waals surface area (Å²) in [5.74, 6) is 3.52. The zero-order chi connectivity index (χ0) is 21.8. The first-order chi connectivity index (χ1) is 15.0. The predicted octanol–water partition coefficient (Wildman–Crippen LogP) is 4.45. The van der Waals surface area contributed by atoms with Gasteiger partial charge in [0.2, 0.25) is 0 Å². The Balaban J connectivity index is 1.43. The number of benzene rings is 1. The molecule has 1 saturated heterocycles. The minimum Gasteiger partial charge on any atom is -0.497 e. The summed E-state index contributed by atoms with van der Waals surface area (Å²) in [6.45, 7) is 6.66. The van der Waals surface area contributed by atoms with E-state index in [0.29, 0.717) is 12.3 Å². The number of aromatic nitrogens is 1. The largest absolute Gasteiger partial charge is 0.497 e. The van der Waals surface area contributed by atoms with Gasteiger partial charge in [0.15, 0.2) is 11.5 Å². The van der Waals surface area contributed by atoms with Crippen LogP contribution in [-0.2, 0) is 0 Å². The van der Waals surface area contributed by atoms with Gasteiger partial charge in [0.25, 0.3) is 5.91 Å². The van der Waals surface area contributed by atoms with Crippen molar-refractivity contribution in [1.29, 1.82) is 0 Å². The first-order valence-corrected chi connectivity index (χ1v) is 10.7. The van der Waals surface area contributed by atoms with Crippen molar-refractivity contribution < 1.29 is 18.5 Å². The van der Waals surface area contributed by atoms with Crippen LogP contribution in [0.3, 0.4) is 0 Å². The Hall–Kier alpha value is -3.06. The first kappa shape index (κ1) is 21.2. The molecule has 1 N–H and O–H groups in total. The second-order valence-corrected chi connectivity index (χ2v) is 8.20. The van der Waals surface area contributed by atoms with E-state index in [1.807, 2.05) is 43.3 Å². The Morgan fingerprint density at radius 3 is 2.61 bits per heavy atom. The van der Waals surface area contributed by atoms with E-state index < -0.39 is 0 Å². The molecular formula is C24H29N3O4. The van der Waals surface area contributed by atoms with E-state index in [9.17, 15) is 4.79 Å². The third-order valence-electron chi connectivity index (χ3n) is 5.92. The van der Waals surface area contributed by atoms with E-state index in [1.54, 1.807) is 13.2 Å². The van der Waals surface area contributed by atoms with E-state index in [1.165, 1.54) is 0 Å². The van der Waals surface area contributed by atoms with Crippen molar-refractivity contribution >= 4 is 5.91 Å². The molecule has 3 heterocycles. The third-order valence-corrected chi connectivity index (χ3v) is 5.92. The van der Waals surface area contributed by atoms with Crippen molar-refractivity contribution in [3.63, 3.8) is 0 Å². The molecule has 1 aliphatic rings. The van der Waals surface area contributed by atoms with Crippen molar-refractivity contribution in [3.8, 4) is 17.1 Å². The highest BCUT2D eigenvalue weighted by atomic mass is 16.5. The Bertz CT molecular complexity index is 1000. The van der Waals surface area contributed by atoms with Crippen LogP contribution in [0.1, 0.15) is 47.8 Å². The molecule has 0 aliphatic carbocycles. The summed E-state index contributed by atoms with van der Waals surface area (Å²) in [5.41, 5.74) is 1.09. The van der Waals surface area contributed by atoms with Gasteiger partial charge in [-0.3, -0.25) is 9.69 Å². The molecule has 1 atom stereocenters. The van der Waals surface area contributed by atoms with Crippen molar-refractivity contribution in [2.75, 3.05) is 26.7 Å². The van der Waals surface area contributed by atoms with Crippen molar-refractivity contribution in [3.05, 3.63) is 59.7 Å². The Kier molecular flexibility index (Phi) is 6.42. The van der Waals surface area contributed by atoms with Crippen LogP contribution in [-0.4, -0.2) is 42.7 Å². The summed E-state index contributed by atoms with van der Waals surface area (Å²) < 4.78 is 16.5. The van der Waals surface area contributed by atoms with Crippen molar-refractivity contribution in [1.82, 2.24) is 15.4 Å². The molecule has 1 aliphatic heterocycles. The maximum absolute atomic E-state index is 12.8. The Morgan fingerprint density at radius 2 is 1.97 bits per heavy atom. The summed E-state index contributed by atoms with van der Waals surface area (Å²) in [5, 5.41) is 6.97. The number of ether oxygens (including phenoxy) is 1. The number of rotatable bonds is 7. The fraction of sp³-hybridized carbons (Fsp3) is 0.417. The molecule has 1 amide bonds. The number of carbonyl (C=O) groups is 1. The molecule has 4 rings (SSSR count). The number of nitrogens with one attached hydrogen (secondary N) is 1. The van der Waals surface area contributed by atoms with Crippen LogP contribution in [0.4, 0.5) is 0 Å². The lowest BCUT2D eigenvalue weighted by Gasteiger charge is -2.35. The Morgan fingerprint density at radius 1 is 1.23 bits per heavy atom. The molecule has 3 aromatic rings. The van der Waals surface area contributed by atoms with Crippen LogP contribution in [0.15, 0.2) is 51.4 Å². The molecule has 0 radical (unpaired) electrons. The van der Waals surface area contributed by atoms with Crippen molar-refractivity contribution in [2.24, 2.45) is 5.92 Å². The quantitative estimate of drug-likeness (QED) is 0.605. The number of piperidine rings is 1. The van der Waals surface area contributed by atoms with Crippen LogP contribution >= 0.6 is 0 Å². The molecule has 1 fully saturated rings. The maximum atomic E-state index is 12.8. The van der Waals surface area contributed by atoms with E-state index >= 15 is 0 Å². The molecular weight excluding hydrogens is 394 g/mol. The summed E-state index contributed by atoms with van der Waals surface area (Å²) in [7, 11) is 1.62. The van der Waals surface area contributed by atoms with Gasteiger partial charge in [-0.25, -0.2) is 0 Å². The van der Waals surface area contributed by atoms with Gasteiger partial charge < -0.3 is 19.0 Å². The highest BCUT2D eigenvalue weighted by molar-refractivity contribution is 5.93. The van der Waals surface area contributed by atoms with Crippen molar-refractivity contribution in [2.45, 2.75) is 32.7 Å². The van der Waals surface area contributed by atoms with E-state index in [2.05, 4.69) is 22.3 Å². The van der Waals surface area contributed by atoms with Gasteiger partial charge in [-0.2, -0.15) is 0 Å². The fourth-order valence-electron chi connectivity index (χ4n) is 3.94. The monoisotopic (exact) mass is 423 g/mol. The normalized spacial score (nSPS) is 16.2. The van der Waals surface area contributed by atoms with Gasteiger partial charge >= 0.3 is 0 Å². The lowest BCUT2D eigenvalue weighted by molar-refractivity contribution is 0.0887. The average Bonchev–Trinajstić information content (AvgIpc) is 3.45. The zero-order valence-electron chi connectivity index (χ0n) is 18.3. The average molecular weight is 424 g/mol. The van der Waals surface area contributed by atoms with Crippen LogP contribution < -0.4 is 10.1 Å². The molecule has 0 saturated carbocycles. The summed E-state index contributed by atoms with van der Waals surface area (Å²) >= 11 is 0. The summed E-state index contributed by atoms with van der Waals surface area (Å²) in [4.78, 5) is 15.2. The van der Waals surface area contributed by atoms with Crippen LogP contribution in [0.2, 0.25) is 0 Å². The molecule has 0 unspecified atom stereocenters. The molecule has 31 heavy (non-hydrogen) atoms. The van der Waals surface area contributed by atoms with Gasteiger partial charge in [0, 0.05) is 18.2 Å². The number of amides is 1. The highest BCUT2D eigenvalue weighted by Crippen LogP contribution is 2.28. The molecule has 1 aromatic carbocycles. The Labute approximate surface area is 182 Å². The summed E-state index contributed by atoms with van der Waals surface area (Å²) in [6.07, 6.45) is 2.30. The minimum atomic E-state index is -0.262. The first-order valence-electron chi connectivity index (χ1n) is 10.7. The number of furan rings is 1. The molecule has 0 bridgehead atoms.